The number of hydrogen-bond acceptors (Lipinski definition) is 3. The van der Waals surface area contributed by atoms with E-state index < -0.39 is 0 Å². The summed E-state index contributed by atoms with van der Waals surface area (Å²) in [6.07, 6.45) is 1.94. The molecule has 0 unspecified atom stereocenters. The molecule has 1 aliphatic heterocycles. The van der Waals surface area contributed by atoms with Gasteiger partial charge in [-0.1, -0.05) is 171 Å². The van der Waals surface area contributed by atoms with Crippen LogP contribution in [0.1, 0.15) is 102 Å². The number of para-hydroxylation sites is 4. The van der Waals surface area contributed by atoms with Crippen molar-refractivity contribution in [2.45, 2.75) is 85.0 Å². The molecule has 10 aromatic rings. The molecule has 0 fully saturated rings. The van der Waals surface area contributed by atoms with Crippen molar-refractivity contribution in [1.29, 1.82) is 0 Å². The first-order chi connectivity index (χ1) is 31.8. The molecule has 7 aromatic carbocycles. The summed E-state index contributed by atoms with van der Waals surface area (Å²) >= 11 is 0. The van der Waals surface area contributed by atoms with Crippen molar-refractivity contribution in [3.63, 3.8) is 0 Å². The second-order valence-electron chi connectivity index (χ2n) is 20.2. The molecule has 334 valence electrons. The van der Waals surface area contributed by atoms with Gasteiger partial charge in [-0.2, -0.15) is 0 Å². The number of fused-ring (bicyclic) bond motifs is 6. The quantitative estimate of drug-likeness (QED) is 0.149. The summed E-state index contributed by atoms with van der Waals surface area (Å²) in [4.78, 5) is 18.4. The Morgan fingerprint density at radius 2 is 1.36 bits per heavy atom. The zero-order valence-corrected chi connectivity index (χ0v) is 42.0. The van der Waals surface area contributed by atoms with Crippen molar-refractivity contribution < 1.29 is 21.1 Å². The number of benzene rings is 7. The van der Waals surface area contributed by atoms with Gasteiger partial charge in [0, 0.05) is 23.1 Å². The Labute approximate surface area is 409 Å². The molecule has 6 heteroatoms. The van der Waals surface area contributed by atoms with Gasteiger partial charge >= 0.3 is 21.1 Å². The minimum atomic E-state index is -0.267. The minimum Gasteiger partial charge on any atom is -0.656 e. The number of rotatable bonds is 7. The van der Waals surface area contributed by atoms with Crippen LogP contribution in [-0.4, -0.2) is 14.5 Å². The van der Waals surface area contributed by atoms with E-state index in [4.69, 9.17) is 15.0 Å². The Balaban J connectivity index is 0.00000525. The van der Waals surface area contributed by atoms with Crippen LogP contribution in [0.5, 0.6) is 0 Å². The fourth-order valence-electron chi connectivity index (χ4n) is 10.4. The fraction of sp³-hybridized carbons (Fsp3) is 0.213. The van der Waals surface area contributed by atoms with E-state index in [1.807, 2.05) is 6.20 Å². The van der Waals surface area contributed by atoms with Gasteiger partial charge in [-0.3, -0.25) is 4.57 Å². The Morgan fingerprint density at radius 3 is 2.10 bits per heavy atom. The maximum atomic E-state index is 5.65. The van der Waals surface area contributed by atoms with Gasteiger partial charge in [-0.25, -0.2) is 9.97 Å². The molecule has 0 atom stereocenters. The van der Waals surface area contributed by atoms with Crippen molar-refractivity contribution in [2.24, 2.45) is 0 Å². The normalized spacial score (nSPS) is 13.4. The molecule has 0 spiro atoms. The van der Waals surface area contributed by atoms with Gasteiger partial charge in [0.05, 0.1) is 11.0 Å². The zero-order valence-electron chi connectivity index (χ0n) is 39.7. The molecular weight excluding hydrogens is 998 g/mol. The number of anilines is 3. The molecule has 4 heterocycles. The third-order valence-electron chi connectivity index (χ3n) is 13.9. The van der Waals surface area contributed by atoms with E-state index in [0.29, 0.717) is 11.8 Å². The first kappa shape index (κ1) is 44.3. The number of hydrogen-bond donors (Lipinski definition) is 0. The van der Waals surface area contributed by atoms with E-state index in [0.717, 1.165) is 78.2 Å². The first-order valence-corrected chi connectivity index (χ1v) is 23.4. The predicted octanol–water partition coefficient (Wildman–Crippen LogP) is 16.1. The Kier molecular flexibility index (Phi) is 11.0. The van der Waals surface area contributed by atoms with Crippen LogP contribution in [0.2, 0.25) is 0 Å². The molecular formula is C61H55N5Pt. The van der Waals surface area contributed by atoms with Crippen LogP contribution in [0.4, 0.5) is 17.2 Å². The largest absolute Gasteiger partial charge is 2.00 e. The van der Waals surface area contributed by atoms with Gasteiger partial charge in [0.15, 0.2) is 0 Å². The second-order valence-corrected chi connectivity index (χ2v) is 20.2. The summed E-state index contributed by atoms with van der Waals surface area (Å²) in [5.41, 5.74) is 18.7. The van der Waals surface area contributed by atoms with Crippen molar-refractivity contribution in [3.8, 4) is 39.3 Å². The first-order valence-electron chi connectivity index (χ1n) is 23.4. The molecule has 11 rings (SSSR count). The number of aromatic nitrogens is 4. The Bertz CT molecular complexity index is 3480. The summed E-state index contributed by atoms with van der Waals surface area (Å²) in [5.74, 6) is 2.53. The van der Waals surface area contributed by atoms with Crippen LogP contribution >= 0.6 is 0 Å². The van der Waals surface area contributed by atoms with Crippen molar-refractivity contribution >= 4 is 50.0 Å². The summed E-state index contributed by atoms with van der Waals surface area (Å²) in [6.45, 7) is 20.6. The fourth-order valence-corrected chi connectivity index (χ4v) is 10.4. The van der Waals surface area contributed by atoms with Crippen molar-refractivity contribution in [3.05, 3.63) is 192 Å². The van der Waals surface area contributed by atoms with Crippen LogP contribution in [-0.2, 0) is 31.9 Å². The molecule has 0 amide bonds. The van der Waals surface area contributed by atoms with Gasteiger partial charge in [0.1, 0.15) is 11.6 Å². The van der Waals surface area contributed by atoms with Gasteiger partial charge < -0.3 is 9.88 Å². The maximum Gasteiger partial charge on any atom is 2.00 e. The molecule has 0 radical (unpaired) electrons. The summed E-state index contributed by atoms with van der Waals surface area (Å²) in [6, 6.07) is 59.0. The van der Waals surface area contributed by atoms with Gasteiger partial charge in [0.25, 0.3) is 0 Å². The van der Waals surface area contributed by atoms with E-state index in [9.17, 15) is 0 Å². The van der Waals surface area contributed by atoms with E-state index in [-0.39, 0.29) is 31.9 Å². The zero-order chi connectivity index (χ0) is 45.6. The predicted molar refractivity (Wildman–Crippen MR) is 276 cm³/mol. The maximum absolute atomic E-state index is 5.65. The van der Waals surface area contributed by atoms with Crippen molar-refractivity contribution in [2.75, 3.05) is 4.90 Å². The molecule has 5 nitrogen and oxygen atoms in total. The monoisotopic (exact) mass is 1050 g/mol. The number of nitrogens with zero attached hydrogens (tertiary/aromatic N) is 5. The standard InChI is InChI=1S/C61H55N5.Pt/c1-37(2)43-20-15-21-44(38(3)4)56(43)40-29-31-51-48(34-40)46-23-16-24-47(57(46)63-51)59-64-58-45(22-17-27-53(58)65(59)42-18-11-10-12-19-42)39-28-30-50-54(35-39)66(52-26-14-13-25-49(52)61(50,8)9)55-36-41(32-33-62-55)60(5,6)7;/h10-34,36-38H,1-9H3;/q-2;+2. The Morgan fingerprint density at radius 1 is 0.657 bits per heavy atom. The number of imidazole rings is 1. The van der Waals surface area contributed by atoms with Crippen LogP contribution in [0.3, 0.4) is 0 Å². The van der Waals surface area contributed by atoms with Gasteiger partial charge in [0.2, 0.25) is 0 Å². The average Bonchev–Trinajstić information content (AvgIpc) is 3.90. The van der Waals surface area contributed by atoms with Crippen LogP contribution in [0, 0.1) is 6.07 Å². The number of pyridine rings is 1. The topological polar surface area (TPSA) is 48.1 Å². The van der Waals surface area contributed by atoms with E-state index in [1.165, 1.54) is 38.9 Å². The average molecular weight is 1050 g/mol. The minimum absolute atomic E-state index is 0. The molecule has 0 bridgehead atoms. The SMILES string of the molecule is CC(C)c1cccc(C(C)C)c1-c1ccc2[n-]c3c(-c4nc5c(-c6[c-]c7c(cc6)C(C)(C)c6ccccc6N7c6cc(C(C)(C)C)ccn6)cccc5n4-c4ccccc4)cccc3c2c1.[Pt+2]. The molecule has 67 heavy (non-hydrogen) atoms. The Hall–Kier alpha value is -6.55. The van der Waals surface area contributed by atoms with Crippen LogP contribution < -0.4 is 9.88 Å². The summed E-state index contributed by atoms with van der Waals surface area (Å²) < 4.78 is 2.30. The third kappa shape index (κ3) is 7.25. The van der Waals surface area contributed by atoms with E-state index in [1.54, 1.807) is 0 Å². The molecule has 3 aromatic heterocycles. The third-order valence-corrected chi connectivity index (χ3v) is 13.9. The summed E-state index contributed by atoms with van der Waals surface area (Å²) in [7, 11) is 0. The van der Waals surface area contributed by atoms with Gasteiger partial charge in [-0.05, 0) is 115 Å². The summed E-state index contributed by atoms with van der Waals surface area (Å²) in [5, 5.41) is 2.28. The molecule has 0 N–H and O–H groups in total. The molecule has 0 saturated heterocycles. The van der Waals surface area contributed by atoms with Crippen LogP contribution in [0.25, 0.3) is 72.2 Å². The van der Waals surface area contributed by atoms with Gasteiger partial charge in [-0.15, -0.1) is 34.8 Å². The van der Waals surface area contributed by atoms with Crippen LogP contribution in [0.15, 0.2) is 158 Å². The van der Waals surface area contributed by atoms with Crippen molar-refractivity contribution in [1.82, 2.24) is 19.5 Å². The second kappa shape index (κ2) is 16.6. The molecule has 0 aliphatic carbocycles. The molecule has 1 aliphatic rings. The molecule has 0 saturated carbocycles. The smallest absolute Gasteiger partial charge is 0.656 e. The van der Waals surface area contributed by atoms with E-state index >= 15 is 0 Å². The van der Waals surface area contributed by atoms with E-state index in [2.05, 4.69) is 230 Å².